The maximum absolute atomic E-state index is 12.9. The molecule has 0 aliphatic carbocycles. The summed E-state index contributed by atoms with van der Waals surface area (Å²) < 4.78 is 16.9. The maximum Gasteiger partial charge on any atom is 0.306 e. The highest BCUT2D eigenvalue weighted by Gasteiger charge is 2.19. The third-order valence-corrected chi connectivity index (χ3v) is 14.6. The van der Waals surface area contributed by atoms with Crippen LogP contribution in [0.2, 0.25) is 0 Å². The molecular weight excluding hydrogens is 973 g/mol. The van der Waals surface area contributed by atoms with E-state index in [9.17, 15) is 14.4 Å². The van der Waals surface area contributed by atoms with Gasteiger partial charge in [-0.25, -0.2) is 0 Å². The van der Waals surface area contributed by atoms with E-state index < -0.39 is 6.10 Å². The average Bonchev–Trinajstić information content (AvgIpc) is 3.45. The van der Waals surface area contributed by atoms with Crippen LogP contribution >= 0.6 is 0 Å². The van der Waals surface area contributed by atoms with Gasteiger partial charge in [0.05, 0.1) is 0 Å². The highest BCUT2D eigenvalue weighted by molar-refractivity contribution is 5.71. The Labute approximate surface area is 489 Å². The van der Waals surface area contributed by atoms with E-state index in [4.69, 9.17) is 14.2 Å². The molecule has 1 atom stereocenters. The molecule has 0 rings (SSSR count). The van der Waals surface area contributed by atoms with Gasteiger partial charge in [-0.3, -0.25) is 14.4 Å². The first-order chi connectivity index (χ1) is 39.0. The second-order valence-electron chi connectivity index (χ2n) is 22.4. The first kappa shape index (κ1) is 75.3. The van der Waals surface area contributed by atoms with Crippen LogP contribution < -0.4 is 0 Å². The molecule has 0 fully saturated rings. The van der Waals surface area contributed by atoms with Crippen molar-refractivity contribution in [3.8, 4) is 0 Å². The highest BCUT2D eigenvalue weighted by atomic mass is 16.6. The van der Waals surface area contributed by atoms with Crippen molar-refractivity contribution in [2.45, 2.75) is 335 Å². The summed E-state index contributed by atoms with van der Waals surface area (Å²) in [7, 11) is 0. The van der Waals surface area contributed by atoms with Gasteiger partial charge in [-0.05, 0) is 103 Å². The number of esters is 3. The molecule has 0 heterocycles. The summed E-state index contributed by atoms with van der Waals surface area (Å²) >= 11 is 0. The van der Waals surface area contributed by atoms with E-state index in [0.29, 0.717) is 19.3 Å². The molecule has 0 aliphatic heterocycles. The zero-order valence-electron chi connectivity index (χ0n) is 52.1. The minimum Gasteiger partial charge on any atom is -0.462 e. The second kappa shape index (κ2) is 66.8. The van der Waals surface area contributed by atoms with Gasteiger partial charge in [0.25, 0.3) is 0 Å². The van der Waals surface area contributed by atoms with E-state index in [-0.39, 0.29) is 31.1 Å². The molecule has 0 bridgehead atoms. The predicted octanol–water partition coefficient (Wildman–Crippen LogP) is 23.2. The summed E-state index contributed by atoms with van der Waals surface area (Å²) in [5, 5.41) is 0. The molecule has 0 aliphatic rings. The fourth-order valence-corrected chi connectivity index (χ4v) is 9.54. The minimum atomic E-state index is -0.782. The number of carbonyl (C=O) groups excluding carboxylic acids is 3. The van der Waals surface area contributed by atoms with Gasteiger partial charge in [-0.1, -0.05) is 304 Å². The Kier molecular flexibility index (Phi) is 63.7. The molecule has 6 heteroatoms. The average molecular weight is 1100 g/mol. The molecule has 0 saturated carbocycles. The van der Waals surface area contributed by atoms with Gasteiger partial charge in [0.15, 0.2) is 6.10 Å². The topological polar surface area (TPSA) is 78.9 Å². The van der Waals surface area contributed by atoms with Gasteiger partial charge in [-0.2, -0.15) is 0 Å². The molecule has 0 N–H and O–H groups in total. The Morgan fingerprint density at radius 1 is 0.266 bits per heavy atom. The lowest BCUT2D eigenvalue weighted by molar-refractivity contribution is -0.167. The van der Waals surface area contributed by atoms with Gasteiger partial charge >= 0.3 is 17.9 Å². The predicted molar refractivity (Wildman–Crippen MR) is 344 cm³/mol. The normalized spacial score (nSPS) is 12.7. The summed E-state index contributed by atoms with van der Waals surface area (Å²) in [6.07, 6.45) is 89.9. The van der Waals surface area contributed by atoms with Crippen LogP contribution in [0.15, 0.2) is 97.2 Å². The Hall–Kier alpha value is -3.67. The first-order valence-corrected chi connectivity index (χ1v) is 33.7. The molecule has 1 unspecified atom stereocenters. The molecule has 454 valence electrons. The summed E-state index contributed by atoms with van der Waals surface area (Å²) in [6.45, 7) is 6.54. The number of unbranched alkanes of at least 4 members (excludes halogenated alkanes) is 34. The summed E-state index contributed by atoms with van der Waals surface area (Å²) in [4.78, 5) is 38.3. The minimum absolute atomic E-state index is 0.0798. The molecule has 0 radical (unpaired) electrons. The van der Waals surface area contributed by atoms with Crippen molar-refractivity contribution < 1.29 is 28.6 Å². The lowest BCUT2D eigenvalue weighted by atomic mass is 10.0. The lowest BCUT2D eigenvalue weighted by Gasteiger charge is -2.18. The molecule has 0 saturated heterocycles. The summed E-state index contributed by atoms with van der Waals surface area (Å²) in [5.41, 5.74) is 0. The van der Waals surface area contributed by atoms with Crippen LogP contribution in [0.25, 0.3) is 0 Å². The molecule has 0 aromatic carbocycles. The third kappa shape index (κ3) is 65.0. The van der Waals surface area contributed by atoms with E-state index in [1.54, 1.807) is 0 Å². The largest absolute Gasteiger partial charge is 0.462 e. The Morgan fingerprint density at radius 2 is 0.494 bits per heavy atom. The maximum atomic E-state index is 12.9. The van der Waals surface area contributed by atoms with Gasteiger partial charge < -0.3 is 14.2 Å². The van der Waals surface area contributed by atoms with Crippen molar-refractivity contribution in [3.63, 3.8) is 0 Å². The molecule has 0 amide bonds. The lowest BCUT2D eigenvalue weighted by Crippen LogP contribution is -2.30. The number of ether oxygens (including phenoxy) is 3. The smallest absolute Gasteiger partial charge is 0.306 e. The molecule has 0 aromatic rings. The fourth-order valence-electron chi connectivity index (χ4n) is 9.54. The second-order valence-corrected chi connectivity index (χ2v) is 22.4. The van der Waals surface area contributed by atoms with Gasteiger partial charge in [0.2, 0.25) is 0 Å². The number of carbonyl (C=O) groups is 3. The Morgan fingerprint density at radius 3 is 0.785 bits per heavy atom. The van der Waals surface area contributed by atoms with Crippen molar-refractivity contribution in [1.82, 2.24) is 0 Å². The van der Waals surface area contributed by atoms with Crippen LogP contribution in [0.1, 0.15) is 329 Å². The van der Waals surface area contributed by atoms with Crippen LogP contribution in [0.4, 0.5) is 0 Å². The Balaban J connectivity index is 4.27. The number of hydrogen-bond donors (Lipinski definition) is 0. The molecule has 0 aromatic heterocycles. The van der Waals surface area contributed by atoms with Crippen LogP contribution in [0.5, 0.6) is 0 Å². The van der Waals surface area contributed by atoms with E-state index in [2.05, 4.69) is 118 Å². The fraction of sp³-hybridized carbons (Fsp3) is 0.740. The number of hydrogen-bond acceptors (Lipinski definition) is 6. The van der Waals surface area contributed by atoms with E-state index in [1.165, 1.54) is 173 Å². The van der Waals surface area contributed by atoms with Crippen molar-refractivity contribution in [1.29, 1.82) is 0 Å². The quantitative estimate of drug-likeness (QED) is 0.0261. The van der Waals surface area contributed by atoms with Crippen molar-refractivity contribution in [3.05, 3.63) is 97.2 Å². The highest BCUT2D eigenvalue weighted by Crippen LogP contribution is 2.17. The van der Waals surface area contributed by atoms with E-state index in [0.717, 1.165) is 116 Å². The molecular formula is C73H126O6. The molecule has 0 spiro atoms. The van der Waals surface area contributed by atoms with Crippen molar-refractivity contribution >= 4 is 17.9 Å². The van der Waals surface area contributed by atoms with E-state index >= 15 is 0 Å². The third-order valence-electron chi connectivity index (χ3n) is 14.6. The monoisotopic (exact) mass is 1100 g/mol. The van der Waals surface area contributed by atoms with Crippen molar-refractivity contribution in [2.75, 3.05) is 13.2 Å². The Bertz CT molecular complexity index is 1540. The molecule has 79 heavy (non-hydrogen) atoms. The first-order valence-electron chi connectivity index (χ1n) is 33.7. The van der Waals surface area contributed by atoms with Gasteiger partial charge in [0.1, 0.15) is 13.2 Å². The van der Waals surface area contributed by atoms with Crippen LogP contribution in [-0.4, -0.2) is 37.2 Å². The van der Waals surface area contributed by atoms with Crippen LogP contribution in [0, 0.1) is 0 Å². The van der Waals surface area contributed by atoms with Gasteiger partial charge in [0, 0.05) is 19.3 Å². The summed E-state index contributed by atoms with van der Waals surface area (Å²) in [5.74, 6) is -0.879. The van der Waals surface area contributed by atoms with E-state index in [1.807, 2.05) is 0 Å². The van der Waals surface area contributed by atoms with Crippen LogP contribution in [0.3, 0.4) is 0 Å². The van der Waals surface area contributed by atoms with Crippen LogP contribution in [-0.2, 0) is 28.6 Å². The standard InChI is InChI=1S/C73H126O6/c1-4-7-10-13-16-19-22-25-28-30-31-32-33-34-35-36-37-38-39-40-41-42-43-44-46-48-51-54-57-60-63-66-72(75)78-69-70(68-77-71(74)65-62-59-56-53-50-47-27-24-21-18-15-12-9-6-3)79-73(76)67-64-61-58-55-52-49-45-29-26-23-20-17-14-11-8-5-2/h7,10,16,19,24-25,27-28,31-32,34-35,37-38,40-41,70H,4-6,8-9,11-15,17-18,20-23,26,29-30,33,36,39,42-69H2,1-3H3/b10-7-,19-16-,27-24-,28-25-,32-31-,35-34-,38-37-,41-40-. The molecule has 6 nitrogen and oxygen atoms in total. The number of allylic oxidation sites excluding steroid dienone is 16. The number of rotatable bonds is 61. The zero-order valence-corrected chi connectivity index (χ0v) is 52.1. The summed E-state index contributed by atoms with van der Waals surface area (Å²) in [6, 6.07) is 0. The zero-order chi connectivity index (χ0) is 57.1. The van der Waals surface area contributed by atoms with Crippen molar-refractivity contribution in [2.24, 2.45) is 0 Å². The SMILES string of the molecule is CC/C=C\C/C=C\C/C=C\C/C=C\C/C=C\C/C=C\C/C=C\CCCCCCCCCCCC(=O)OCC(COC(=O)CCCCCCC/C=C\CCCCCCC)OC(=O)CCCCCCCCCCCCCCCCCC. The van der Waals surface area contributed by atoms with Gasteiger partial charge in [-0.15, -0.1) is 0 Å².